The second-order valence-corrected chi connectivity index (χ2v) is 9.84. The molecule has 1 aliphatic heterocycles. The molecule has 0 bridgehead atoms. The Morgan fingerprint density at radius 2 is 1.66 bits per heavy atom. The molecule has 0 unspecified atom stereocenters. The van der Waals surface area contributed by atoms with E-state index in [0.717, 1.165) is 16.0 Å². The second-order valence-electron chi connectivity index (χ2n) is 7.49. The van der Waals surface area contributed by atoms with Crippen molar-refractivity contribution in [3.05, 3.63) is 29.3 Å². The molecule has 7 nitrogen and oxygen atoms in total. The third kappa shape index (κ3) is 4.88. The van der Waals surface area contributed by atoms with Crippen LogP contribution in [0.25, 0.3) is 0 Å². The topological polar surface area (TPSA) is 92.8 Å². The van der Waals surface area contributed by atoms with Crippen LogP contribution >= 0.6 is 31.9 Å². The number of rotatable bonds is 5. The van der Waals surface area contributed by atoms with Gasteiger partial charge in [0.1, 0.15) is 6.54 Å². The number of benzene rings is 1. The van der Waals surface area contributed by atoms with Gasteiger partial charge in [-0.1, -0.05) is 37.9 Å². The first-order valence-electron chi connectivity index (χ1n) is 9.33. The van der Waals surface area contributed by atoms with Crippen molar-refractivity contribution in [2.75, 3.05) is 18.5 Å². The fourth-order valence-corrected chi connectivity index (χ4v) is 4.89. The molecule has 2 aliphatic rings. The van der Waals surface area contributed by atoms with Gasteiger partial charge in [-0.25, -0.2) is 0 Å². The zero-order valence-electron chi connectivity index (χ0n) is 16.1. The van der Waals surface area contributed by atoms with Gasteiger partial charge in [0, 0.05) is 15.3 Å². The van der Waals surface area contributed by atoms with Crippen LogP contribution in [0.5, 0.6) is 0 Å². The fourth-order valence-electron chi connectivity index (χ4n) is 3.66. The summed E-state index contributed by atoms with van der Waals surface area (Å²) < 4.78 is 4.97. The maximum atomic E-state index is 12.6. The van der Waals surface area contributed by atoms with E-state index in [4.69, 9.17) is 4.74 Å². The Kier molecular flexibility index (Phi) is 6.78. The van der Waals surface area contributed by atoms with Crippen molar-refractivity contribution < 1.29 is 23.9 Å². The molecule has 0 radical (unpaired) electrons. The van der Waals surface area contributed by atoms with Crippen molar-refractivity contribution >= 4 is 61.2 Å². The number of aryl methyl sites for hydroxylation is 2. The number of carbonyl (C=O) groups excluding carboxylic acids is 4. The maximum Gasteiger partial charge on any atom is 0.326 e. The van der Waals surface area contributed by atoms with E-state index >= 15 is 0 Å². The van der Waals surface area contributed by atoms with Crippen LogP contribution in [0.15, 0.2) is 18.2 Å². The van der Waals surface area contributed by atoms with E-state index in [1.807, 2.05) is 26.0 Å². The van der Waals surface area contributed by atoms with Gasteiger partial charge in [-0.2, -0.15) is 0 Å². The van der Waals surface area contributed by atoms with E-state index in [1.165, 1.54) is 0 Å². The number of fused-ring (bicyclic) bond motifs is 1. The lowest BCUT2D eigenvalue weighted by atomic mass is 9.81. The average molecular weight is 530 g/mol. The predicted octanol–water partition coefficient (Wildman–Crippen LogP) is 2.71. The van der Waals surface area contributed by atoms with E-state index in [2.05, 4.69) is 37.2 Å². The first kappa shape index (κ1) is 22.0. The number of halogens is 2. The first-order valence-corrected chi connectivity index (χ1v) is 11.2. The largest absolute Gasteiger partial charge is 0.454 e. The SMILES string of the molecule is Cc1ccc(NC(=O)COC(=O)CN2C(=O)[C@@H]3C[C@@H](Br)[C@@H](Br)C[C@H]3C2=O)cc1C. The predicted molar refractivity (Wildman–Crippen MR) is 114 cm³/mol. The molecule has 29 heavy (non-hydrogen) atoms. The van der Waals surface area contributed by atoms with Crippen molar-refractivity contribution in [1.29, 1.82) is 0 Å². The number of anilines is 1. The van der Waals surface area contributed by atoms with Gasteiger partial charge in [-0.15, -0.1) is 0 Å². The van der Waals surface area contributed by atoms with Crippen molar-refractivity contribution in [3.63, 3.8) is 0 Å². The van der Waals surface area contributed by atoms with Crippen LogP contribution in [0.2, 0.25) is 0 Å². The van der Waals surface area contributed by atoms with Gasteiger partial charge in [0.2, 0.25) is 11.8 Å². The normalized spacial score (nSPS) is 26.3. The number of nitrogens with one attached hydrogen (secondary N) is 1. The van der Waals surface area contributed by atoms with Crippen molar-refractivity contribution in [3.8, 4) is 0 Å². The Labute approximate surface area is 185 Å². The molecular formula is C20H22Br2N2O5. The summed E-state index contributed by atoms with van der Waals surface area (Å²) in [6.07, 6.45) is 1.07. The van der Waals surface area contributed by atoms with E-state index in [0.29, 0.717) is 18.5 Å². The van der Waals surface area contributed by atoms with Gasteiger partial charge in [-0.3, -0.25) is 24.1 Å². The Morgan fingerprint density at radius 1 is 1.07 bits per heavy atom. The fraction of sp³-hybridized carbons (Fsp3) is 0.500. The second kappa shape index (κ2) is 8.95. The minimum Gasteiger partial charge on any atom is -0.454 e. The number of hydrogen-bond acceptors (Lipinski definition) is 5. The third-order valence-electron chi connectivity index (χ3n) is 5.44. The number of carbonyl (C=O) groups is 4. The number of ether oxygens (including phenoxy) is 1. The van der Waals surface area contributed by atoms with Gasteiger partial charge in [0.15, 0.2) is 6.61 Å². The summed E-state index contributed by atoms with van der Waals surface area (Å²) in [6, 6.07) is 5.47. The lowest BCUT2D eigenvalue weighted by Crippen LogP contribution is -2.37. The van der Waals surface area contributed by atoms with Crippen molar-refractivity contribution in [2.45, 2.75) is 36.3 Å². The Balaban J connectivity index is 1.51. The number of likely N-dealkylation sites (tertiary alicyclic amines) is 1. The zero-order valence-corrected chi connectivity index (χ0v) is 19.3. The maximum absolute atomic E-state index is 12.6. The van der Waals surface area contributed by atoms with Crippen LogP contribution < -0.4 is 5.32 Å². The molecule has 1 aromatic carbocycles. The number of hydrogen-bond donors (Lipinski definition) is 1. The van der Waals surface area contributed by atoms with Crippen molar-refractivity contribution in [2.24, 2.45) is 11.8 Å². The number of esters is 1. The summed E-state index contributed by atoms with van der Waals surface area (Å²) in [6.45, 7) is 2.95. The van der Waals surface area contributed by atoms with Crippen LogP contribution in [0.3, 0.4) is 0 Å². The van der Waals surface area contributed by atoms with Crippen LogP contribution in [0.4, 0.5) is 5.69 Å². The van der Waals surface area contributed by atoms with Crippen molar-refractivity contribution in [1.82, 2.24) is 4.90 Å². The average Bonchev–Trinajstić information content (AvgIpc) is 2.88. The van der Waals surface area contributed by atoms with Gasteiger partial charge in [-0.05, 0) is 49.9 Å². The quantitative estimate of drug-likeness (QED) is 0.359. The van der Waals surface area contributed by atoms with Gasteiger partial charge < -0.3 is 10.1 Å². The smallest absolute Gasteiger partial charge is 0.326 e. The lowest BCUT2D eigenvalue weighted by molar-refractivity contribution is -0.154. The number of nitrogens with zero attached hydrogens (tertiary/aromatic N) is 1. The molecular weight excluding hydrogens is 508 g/mol. The highest BCUT2D eigenvalue weighted by molar-refractivity contribution is 9.12. The van der Waals surface area contributed by atoms with E-state index < -0.39 is 36.9 Å². The summed E-state index contributed by atoms with van der Waals surface area (Å²) in [4.78, 5) is 50.4. The standard InChI is InChI=1S/C20H22Br2N2O5/c1-10-3-4-12(5-11(10)2)23-17(25)9-29-18(26)8-24-19(27)13-6-15(21)16(22)7-14(13)20(24)28/h3-5,13-16H,6-9H2,1-2H3,(H,23,25)/t13-,14-,15-,16+/m1/s1. The molecule has 4 atom stereocenters. The first-order chi connectivity index (χ1) is 13.7. The molecule has 1 N–H and O–H groups in total. The Hall–Kier alpha value is -1.74. The molecule has 1 heterocycles. The molecule has 1 aliphatic carbocycles. The van der Waals surface area contributed by atoms with Crippen LogP contribution in [0, 0.1) is 25.7 Å². The molecule has 3 rings (SSSR count). The Morgan fingerprint density at radius 3 is 2.21 bits per heavy atom. The molecule has 2 fully saturated rings. The minimum atomic E-state index is -0.786. The van der Waals surface area contributed by atoms with Gasteiger partial charge >= 0.3 is 5.97 Å². The molecule has 1 saturated heterocycles. The summed E-state index contributed by atoms with van der Waals surface area (Å²) in [7, 11) is 0. The van der Waals surface area contributed by atoms with E-state index in [-0.39, 0.29) is 21.5 Å². The molecule has 0 aromatic heterocycles. The third-order valence-corrected chi connectivity index (χ3v) is 8.18. The lowest BCUT2D eigenvalue weighted by Gasteiger charge is -2.29. The van der Waals surface area contributed by atoms with Gasteiger partial charge in [0.25, 0.3) is 5.91 Å². The highest BCUT2D eigenvalue weighted by Gasteiger charge is 2.52. The highest BCUT2D eigenvalue weighted by atomic mass is 79.9. The molecule has 0 spiro atoms. The summed E-state index contributed by atoms with van der Waals surface area (Å²) in [5, 5.41) is 2.65. The summed E-state index contributed by atoms with van der Waals surface area (Å²) in [5.41, 5.74) is 2.74. The van der Waals surface area contributed by atoms with Crippen LogP contribution in [0.1, 0.15) is 24.0 Å². The molecule has 1 saturated carbocycles. The molecule has 1 aromatic rings. The van der Waals surface area contributed by atoms with E-state index in [9.17, 15) is 19.2 Å². The van der Waals surface area contributed by atoms with E-state index in [1.54, 1.807) is 6.07 Å². The van der Waals surface area contributed by atoms with Crippen LogP contribution in [-0.4, -0.2) is 51.4 Å². The zero-order chi connectivity index (χ0) is 21.3. The summed E-state index contributed by atoms with van der Waals surface area (Å²) in [5.74, 6) is -2.80. The van der Waals surface area contributed by atoms with Crippen LogP contribution in [-0.2, 0) is 23.9 Å². The molecule has 156 valence electrons. The Bertz CT molecular complexity index is 831. The molecule has 3 amide bonds. The molecule has 9 heteroatoms. The number of imide groups is 1. The minimum absolute atomic E-state index is 0.0986. The number of alkyl halides is 2. The monoisotopic (exact) mass is 528 g/mol. The van der Waals surface area contributed by atoms with Gasteiger partial charge in [0.05, 0.1) is 11.8 Å². The highest BCUT2D eigenvalue weighted by Crippen LogP contribution is 2.43. The number of amides is 3. The summed E-state index contributed by atoms with van der Waals surface area (Å²) >= 11 is 7.04.